The zero-order valence-electron chi connectivity index (χ0n) is 12.3. The molecule has 3 unspecified atom stereocenters. The van der Waals surface area contributed by atoms with Crippen molar-refractivity contribution >= 4 is 0 Å². The van der Waals surface area contributed by atoms with Gasteiger partial charge in [-0.15, -0.1) is 0 Å². The molecule has 0 saturated heterocycles. The first-order valence-electron chi connectivity index (χ1n) is 7.60. The summed E-state index contributed by atoms with van der Waals surface area (Å²) in [6.45, 7) is 5.16. The maximum absolute atomic E-state index is 6.54. The van der Waals surface area contributed by atoms with Crippen molar-refractivity contribution in [2.24, 2.45) is 11.7 Å². The fourth-order valence-electron chi connectivity index (χ4n) is 3.46. The lowest BCUT2D eigenvalue weighted by atomic mass is 9.73. The molecule has 19 heavy (non-hydrogen) atoms. The Morgan fingerprint density at radius 2 is 2.11 bits per heavy atom. The number of benzene rings is 1. The molecule has 2 heteroatoms. The molecule has 2 N–H and O–H groups in total. The van der Waals surface area contributed by atoms with E-state index in [4.69, 9.17) is 10.5 Å². The van der Waals surface area contributed by atoms with Crippen molar-refractivity contribution in [1.29, 1.82) is 0 Å². The Morgan fingerprint density at radius 1 is 1.37 bits per heavy atom. The van der Waals surface area contributed by atoms with Crippen molar-refractivity contribution in [3.05, 3.63) is 35.9 Å². The van der Waals surface area contributed by atoms with Crippen LogP contribution in [-0.4, -0.2) is 18.2 Å². The minimum atomic E-state index is -0.109. The van der Waals surface area contributed by atoms with Gasteiger partial charge in [0.1, 0.15) is 0 Å². The maximum Gasteiger partial charge on any atom is 0.0838 e. The van der Waals surface area contributed by atoms with Gasteiger partial charge in [-0.2, -0.15) is 0 Å². The third-order valence-corrected chi connectivity index (χ3v) is 4.40. The van der Waals surface area contributed by atoms with Crippen molar-refractivity contribution in [3.8, 4) is 0 Å². The molecule has 2 rings (SSSR count). The molecule has 1 aliphatic carbocycles. The van der Waals surface area contributed by atoms with Crippen LogP contribution in [0, 0.1) is 5.92 Å². The van der Waals surface area contributed by atoms with E-state index in [1.807, 2.05) is 0 Å². The number of ether oxygens (including phenoxy) is 1. The summed E-state index contributed by atoms with van der Waals surface area (Å²) in [5, 5.41) is 0. The lowest BCUT2D eigenvalue weighted by Crippen LogP contribution is -2.53. The molecule has 0 amide bonds. The zero-order valence-corrected chi connectivity index (χ0v) is 12.3. The number of nitrogens with two attached hydrogens (primary N) is 1. The van der Waals surface area contributed by atoms with Gasteiger partial charge in [0.25, 0.3) is 0 Å². The molecule has 3 atom stereocenters. The largest absolute Gasteiger partial charge is 0.374 e. The van der Waals surface area contributed by atoms with Crippen LogP contribution < -0.4 is 5.73 Å². The van der Waals surface area contributed by atoms with E-state index in [1.165, 1.54) is 18.4 Å². The highest BCUT2D eigenvalue weighted by Gasteiger charge is 2.40. The van der Waals surface area contributed by atoms with Gasteiger partial charge in [0.15, 0.2) is 0 Å². The molecule has 106 valence electrons. The summed E-state index contributed by atoms with van der Waals surface area (Å²) in [6.07, 6.45) is 5.68. The Hall–Kier alpha value is -0.860. The monoisotopic (exact) mass is 261 g/mol. The van der Waals surface area contributed by atoms with Crippen LogP contribution in [0.4, 0.5) is 0 Å². The number of rotatable bonds is 5. The quantitative estimate of drug-likeness (QED) is 0.880. The van der Waals surface area contributed by atoms with Crippen LogP contribution in [-0.2, 0) is 11.2 Å². The standard InChI is InChI=1S/C17H27NO/c1-3-19-17(11-7-8-14(2)13-17)16(18)12-15-9-5-4-6-10-15/h4-6,9-10,14,16H,3,7-8,11-13,18H2,1-2H3. The Morgan fingerprint density at radius 3 is 2.74 bits per heavy atom. The highest BCUT2D eigenvalue weighted by Crippen LogP contribution is 2.38. The molecule has 0 aliphatic heterocycles. The smallest absolute Gasteiger partial charge is 0.0838 e. The molecule has 0 heterocycles. The van der Waals surface area contributed by atoms with Crippen molar-refractivity contribution in [2.45, 2.75) is 57.6 Å². The molecule has 2 nitrogen and oxygen atoms in total. The van der Waals surface area contributed by atoms with E-state index >= 15 is 0 Å². The Bertz CT molecular complexity index is 374. The predicted molar refractivity (Wildman–Crippen MR) is 80.1 cm³/mol. The molecule has 1 aromatic rings. The first kappa shape index (κ1) is 14.5. The normalized spacial score (nSPS) is 29.1. The Balaban J connectivity index is 2.09. The lowest BCUT2D eigenvalue weighted by Gasteiger charge is -2.44. The fourth-order valence-corrected chi connectivity index (χ4v) is 3.46. The van der Waals surface area contributed by atoms with Crippen LogP contribution in [0.1, 0.15) is 45.1 Å². The molecule has 1 aromatic carbocycles. The molecule has 0 spiro atoms. The molecule has 1 saturated carbocycles. The third-order valence-electron chi connectivity index (χ3n) is 4.40. The van der Waals surface area contributed by atoms with Crippen LogP contribution in [0.5, 0.6) is 0 Å². The molecule has 1 fully saturated rings. The van der Waals surface area contributed by atoms with E-state index in [0.717, 1.165) is 31.8 Å². The van der Waals surface area contributed by atoms with E-state index in [0.29, 0.717) is 0 Å². The number of hydrogen-bond acceptors (Lipinski definition) is 2. The highest BCUT2D eigenvalue weighted by molar-refractivity contribution is 5.17. The molecule has 0 bridgehead atoms. The SMILES string of the molecule is CCOC1(C(N)Cc2ccccc2)CCCC(C)C1. The second-order valence-electron chi connectivity index (χ2n) is 6.00. The van der Waals surface area contributed by atoms with Crippen molar-refractivity contribution in [2.75, 3.05) is 6.61 Å². The summed E-state index contributed by atoms with van der Waals surface area (Å²) < 4.78 is 6.15. The Kier molecular flexibility index (Phi) is 5.00. The summed E-state index contributed by atoms with van der Waals surface area (Å²) in [4.78, 5) is 0. The van der Waals surface area contributed by atoms with Crippen molar-refractivity contribution in [3.63, 3.8) is 0 Å². The van der Waals surface area contributed by atoms with Gasteiger partial charge in [-0.05, 0) is 37.7 Å². The average molecular weight is 261 g/mol. The zero-order chi connectivity index (χ0) is 13.7. The van der Waals surface area contributed by atoms with Crippen LogP contribution in [0.3, 0.4) is 0 Å². The van der Waals surface area contributed by atoms with Crippen LogP contribution in [0.25, 0.3) is 0 Å². The van der Waals surface area contributed by atoms with E-state index in [-0.39, 0.29) is 11.6 Å². The van der Waals surface area contributed by atoms with Gasteiger partial charge in [0, 0.05) is 12.6 Å². The van der Waals surface area contributed by atoms with E-state index in [2.05, 4.69) is 44.2 Å². The van der Waals surface area contributed by atoms with E-state index < -0.39 is 0 Å². The van der Waals surface area contributed by atoms with Crippen LogP contribution in [0.15, 0.2) is 30.3 Å². The van der Waals surface area contributed by atoms with Gasteiger partial charge in [-0.3, -0.25) is 0 Å². The summed E-state index contributed by atoms with van der Waals surface area (Å²) in [5.41, 5.74) is 7.74. The van der Waals surface area contributed by atoms with E-state index in [9.17, 15) is 0 Å². The second kappa shape index (κ2) is 6.53. The lowest BCUT2D eigenvalue weighted by molar-refractivity contribution is -0.0925. The van der Waals surface area contributed by atoms with Gasteiger partial charge >= 0.3 is 0 Å². The molecular formula is C17H27NO. The predicted octanol–water partition coefficient (Wildman–Crippen LogP) is 3.54. The minimum absolute atomic E-state index is 0.0950. The van der Waals surface area contributed by atoms with Gasteiger partial charge in [0.2, 0.25) is 0 Å². The van der Waals surface area contributed by atoms with Gasteiger partial charge < -0.3 is 10.5 Å². The van der Waals surface area contributed by atoms with Crippen LogP contribution >= 0.6 is 0 Å². The minimum Gasteiger partial charge on any atom is -0.374 e. The maximum atomic E-state index is 6.54. The van der Waals surface area contributed by atoms with Crippen molar-refractivity contribution in [1.82, 2.24) is 0 Å². The molecule has 1 aliphatic rings. The second-order valence-corrected chi connectivity index (χ2v) is 6.00. The van der Waals surface area contributed by atoms with E-state index in [1.54, 1.807) is 0 Å². The van der Waals surface area contributed by atoms with Gasteiger partial charge in [0.05, 0.1) is 5.60 Å². The van der Waals surface area contributed by atoms with Gasteiger partial charge in [-0.25, -0.2) is 0 Å². The Labute approximate surface area is 117 Å². The topological polar surface area (TPSA) is 35.2 Å². The summed E-state index contributed by atoms with van der Waals surface area (Å²) in [6, 6.07) is 10.6. The first-order valence-corrected chi connectivity index (χ1v) is 7.60. The molecular weight excluding hydrogens is 234 g/mol. The van der Waals surface area contributed by atoms with Crippen molar-refractivity contribution < 1.29 is 4.74 Å². The highest BCUT2D eigenvalue weighted by atomic mass is 16.5. The number of hydrogen-bond donors (Lipinski definition) is 1. The third kappa shape index (κ3) is 3.58. The van der Waals surface area contributed by atoms with Gasteiger partial charge in [-0.1, -0.05) is 50.1 Å². The molecule has 0 radical (unpaired) electrons. The fraction of sp³-hybridized carbons (Fsp3) is 0.647. The molecule has 0 aromatic heterocycles. The summed E-state index contributed by atoms with van der Waals surface area (Å²) in [5.74, 6) is 0.724. The summed E-state index contributed by atoms with van der Waals surface area (Å²) in [7, 11) is 0. The van der Waals surface area contributed by atoms with Crippen LogP contribution in [0.2, 0.25) is 0 Å². The first-order chi connectivity index (χ1) is 9.16. The average Bonchev–Trinajstić information content (AvgIpc) is 2.40. The summed E-state index contributed by atoms with van der Waals surface area (Å²) >= 11 is 0.